The Morgan fingerprint density at radius 3 is 2.75 bits per heavy atom. The number of carbonyl (C=O) groups is 1. The monoisotopic (exact) mass is 332 g/mol. The lowest BCUT2D eigenvalue weighted by atomic mass is 10.1. The second-order valence-corrected chi connectivity index (χ2v) is 4.82. The van der Waals surface area contributed by atoms with Crippen LogP contribution in [-0.4, -0.2) is 21.9 Å². The lowest BCUT2D eigenvalue weighted by molar-refractivity contribution is 0.0952. The number of carbonyl (C=O) groups excluding carboxylic acids is 1. The summed E-state index contributed by atoms with van der Waals surface area (Å²) in [5.41, 5.74) is 2.42. The van der Waals surface area contributed by atoms with Gasteiger partial charge in [-0.3, -0.25) is 9.78 Å². The van der Waals surface area contributed by atoms with Gasteiger partial charge in [-0.15, -0.1) is 0 Å². The molecule has 3 nitrogen and oxygen atoms in total. The SMILES string of the molecule is Cc1ccc(C(=O)NCCCCI)c(C)n1. The molecule has 0 aromatic carbocycles. The van der Waals surface area contributed by atoms with Gasteiger partial charge < -0.3 is 5.32 Å². The van der Waals surface area contributed by atoms with E-state index < -0.39 is 0 Å². The topological polar surface area (TPSA) is 42.0 Å². The van der Waals surface area contributed by atoms with Crippen LogP contribution in [0.15, 0.2) is 12.1 Å². The van der Waals surface area contributed by atoms with Gasteiger partial charge in [0.05, 0.1) is 11.3 Å². The van der Waals surface area contributed by atoms with Crippen molar-refractivity contribution in [3.8, 4) is 0 Å². The smallest absolute Gasteiger partial charge is 0.253 e. The van der Waals surface area contributed by atoms with E-state index in [1.807, 2.05) is 26.0 Å². The van der Waals surface area contributed by atoms with E-state index in [0.717, 1.165) is 35.2 Å². The largest absolute Gasteiger partial charge is 0.352 e. The van der Waals surface area contributed by atoms with Crippen molar-refractivity contribution in [3.05, 3.63) is 29.1 Å². The number of hydrogen-bond donors (Lipinski definition) is 1. The molecule has 0 aliphatic carbocycles. The molecule has 1 aromatic rings. The Morgan fingerprint density at radius 2 is 2.12 bits per heavy atom. The van der Waals surface area contributed by atoms with Crippen molar-refractivity contribution < 1.29 is 4.79 Å². The summed E-state index contributed by atoms with van der Waals surface area (Å²) in [7, 11) is 0. The maximum Gasteiger partial charge on any atom is 0.253 e. The number of nitrogens with one attached hydrogen (secondary N) is 1. The average Bonchev–Trinajstić information content (AvgIpc) is 2.24. The number of aromatic nitrogens is 1. The lowest BCUT2D eigenvalue weighted by Gasteiger charge is -2.07. The number of hydrogen-bond acceptors (Lipinski definition) is 2. The van der Waals surface area contributed by atoms with E-state index in [1.54, 1.807) is 0 Å². The highest BCUT2D eigenvalue weighted by atomic mass is 127. The van der Waals surface area contributed by atoms with Crippen LogP contribution in [0, 0.1) is 13.8 Å². The first kappa shape index (κ1) is 13.4. The number of unbranched alkanes of at least 4 members (excludes halogenated alkanes) is 1. The van der Waals surface area contributed by atoms with Crippen molar-refractivity contribution in [2.45, 2.75) is 26.7 Å². The summed E-state index contributed by atoms with van der Waals surface area (Å²) in [5.74, 6) is -0.0153. The minimum Gasteiger partial charge on any atom is -0.352 e. The molecule has 1 aromatic heterocycles. The summed E-state index contributed by atoms with van der Waals surface area (Å²) in [5, 5.41) is 2.91. The Kier molecular flexibility index (Phi) is 5.73. The van der Waals surface area contributed by atoms with Crippen molar-refractivity contribution in [1.82, 2.24) is 10.3 Å². The van der Waals surface area contributed by atoms with E-state index in [2.05, 4.69) is 32.9 Å². The van der Waals surface area contributed by atoms with E-state index in [-0.39, 0.29) is 5.91 Å². The average molecular weight is 332 g/mol. The first-order valence-electron chi connectivity index (χ1n) is 5.43. The van der Waals surface area contributed by atoms with Gasteiger partial charge in [0.25, 0.3) is 5.91 Å². The Hall–Kier alpha value is -0.650. The number of pyridine rings is 1. The predicted molar refractivity (Wildman–Crippen MR) is 74.2 cm³/mol. The normalized spacial score (nSPS) is 10.2. The summed E-state index contributed by atoms with van der Waals surface area (Å²) in [6.45, 7) is 4.54. The summed E-state index contributed by atoms with van der Waals surface area (Å²) in [6, 6.07) is 3.71. The van der Waals surface area contributed by atoms with E-state index in [1.165, 1.54) is 0 Å². The molecule has 88 valence electrons. The van der Waals surface area contributed by atoms with Crippen LogP contribution in [0.4, 0.5) is 0 Å². The van der Waals surface area contributed by atoms with Crippen LogP contribution >= 0.6 is 22.6 Å². The molecular formula is C12H17IN2O. The van der Waals surface area contributed by atoms with Crippen LogP contribution in [0.25, 0.3) is 0 Å². The second kappa shape index (κ2) is 6.83. The van der Waals surface area contributed by atoms with Gasteiger partial charge >= 0.3 is 0 Å². The zero-order valence-electron chi connectivity index (χ0n) is 9.72. The summed E-state index contributed by atoms with van der Waals surface area (Å²) in [4.78, 5) is 16.1. The molecule has 1 amide bonds. The van der Waals surface area contributed by atoms with Crippen molar-refractivity contribution in [2.24, 2.45) is 0 Å². The third kappa shape index (κ3) is 4.08. The predicted octanol–water partition coefficient (Wildman–Crippen LogP) is 2.64. The van der Waals surface area contributed by atoms with E-state index >= 15 is 0 Å². The molecule has 0 spiro atoms. The van der Waals surface area contributed by atoms with Gasteiger partial charge in [-0.2, -0.15) is 0 Å². The molecule has 0 saturated carbocycles. The Balaban J connectivity index is 2.53. The summed E-state index contributed by atoms with van der Waals surface area (Å²) >= 11 is 2.34. The molecule has 0 radical (unpaired) electrons. The Morgan fingerprint density at radius 1 is 1.38 bits per heavy atom. The summed E-state index contributed by atoms with van der Waals surface area (Å²) < 4.78 is 1.14. The van der Waals surface area contributed by atoms with E-state index in [0.29, 0.717) is 5.56 Å². The quantitative estimate of drug-likeness (QED) is 0.512. The van der Waals surface area contributed by atoms with Gasteiger partial charge in [-0.1, -0.05) is 22.6 Å². The van der Waals surface area contributed by atoms with Gasteiger partial charge in [0.15, 0.2) is 0 Å². The Labute approximate surface area is 110 Å². The molecule has 4 heteroatoms. The number of rotatable bonds is 5. The fourth-order valence-electron chi connectivity index (χ4n) is 1.44. The number of alkyl halides is 1. The zero-order chi connectivity index (χ0) is 12.0. The maximum atomic E-state index is 11.8. The van der Waals surface area contributed by atoms with E-state index in [4.69, 9.17) is 0 Å². The van der Waals surface area contributed by atoms with Crippen LogP contribution in [0.3, 0.4) is 0 Å². The highest BCUT2D eigenvalue weighted by Crippen LogP contribution is 2.06. The minimum absolute atomic E-state index is 0.0153. The number of aryl methyl sites for hydroxylation is 2. The highest BCUT2D eigenvalue weighted by molar-refractivity contribution is 14.1. The molecule has 0 aliphatic rings. The van der Waals surface area contributed by atoms with Crippen LogP contribution in [0.5, 0.6) is 0 Å². The van der Waals surface area contributed by atoms with Gasteiger partial charge in [0.1, 0.15) is 0 Å². The third-order valence-corrected chi connectivity index (χ3v) is 3.08. The molecule has 0 bridgehead atoms. The molecule has 1 N–H and O–H groups in total. The zero-order valence-corrected chi connectivity index (χ0v) is 11.9. The third-order valence-electron chi connectivity index (χ3n) is 2.32. The molecule has 0 aliphatic heterocycles. The number of amides is 1. The van der Waals surface area contributed by atoms with Crippen molar-refractivity contribution >= 4 is 28.5 Å². The molecule has 0 saturated heterocycles. The van der Waals surface area contributed by atoms with Crippen LogP contribution in [0.2, 0.25) is 0 Å². The van der Waals surface area contributed by atoms with Crippen LogP contribution in [-0.2, 0) is 0 Å². The maximum absolute atomic E-state index is 11.8. The van der Waals surface area contributed by atoms with Crippen molar-refractivity contribution in [3.63, 3.8) is 0 Å². The number of halogens is 1. The van der Waals surface area contributed by atoms with Crippen molar-refractivity contribution in [2.75, 3.05) is 11.0 Å². The molecule has 1 heterocycles. The second-order valence-electron chi connectivity index (χ2n) is 3.74. The molecule has 0 atom stereocenters. The molecule has 16 heavy (non-hydrogen) atoms. The molecular weight excluding hydrogens is 315 g/mol. The van der Waals surface area contributed by atoms with Crippen LogP contribution < -0.4 is 5.32 Å². The van der Waals surface area contributed by atoms with Crippen molar-refractivity contribution in [1.29, 1.82) is 0 Å². The Bertz CT molecular complexity index is 366. The molecule has 0 fully saturated rings. The van der Waals surface area contributed by atoms with E-state index in [9.17, 15) is 4.79 Å². The standard InChI is InChI=1S/C12H17IN2O/c1-9-5-6-11(10(2)15-9)12(16)14-8-4-3-7-13/h5-6H,3-4,7-8H2,1-2H3,(H,14,16). The van der Waals surface area contributed by atoms with Crippen LogP contribution in [0.1, 0.15) is 34.6 Å². The number of nitrogens with zero attached hydrogens (tertiary/aromatic N) is 1. The van der Waals surface area contributed by atoms with Gasteiger partial charge in [-0.25, -0.2) is 0 Å². The molecule has 0 unspecified atom stereocenters. The lowest BCUT2D eigenvalue weighted by Crippen LogP contribution is -2.25. The van der Waals surface area contributed by atoms with Gasteiger partial charge in [-0.05, 0) is 43.2 Å². The minimum atomic E-state index is -0.0153. The fourth-order valence-corrected chi connectivity index (χ4v) is 1.98. The van der Waals surface area contributed by atoms with Gasteiger partial charge in [0.2, 0.25) is 0 Å². The fraction of sp³-hybridized carbons (Fsp3) is 0.500. The first-order valence-corrected chi connectivity index (χ1v) is 6.96. The van der Waals surface area contributed by atoms with Gasteiger partial charge in [0, 0.05) is 12.2 Å². The first-order chi connectivity index (χ1) is 7.65. The molecule has 1 rings (SSSR count). The summed E-state index contributed by atoms with van der Waals surface area (Å²) in [6.07, 6.45) is 2.18. The highest BCUT2D eigenvalue weighted by Gasteiger charge is 2.08.